The van der Waals surface area contributed by atoms with Crippen molar-refractivity contribution in [2.75, 3.05) is 32.6 Å². The number of carbonyl (C=O) groups is 1. The fourth-order valence-corrected chi connectivity index (χ4v) is 1.71. The first-order chi connectivity index (χ1) is 9.15. The molecule has 102 valence electrons. The number of nitrogens with zero attached hydrogens (tertiary/aromatic N) is 1. The average molecular weight is 262 g/mol. The highest BCUT2D eigenvalue weighted by molar-refractivity contribution is 5.91. The van der Waals surface area contributed by atoms with E-state index in [2.05, 4.69) is 11.4 Å². The SMILES string of the molecule is COc1ccc(NC(=O)C[NH+](C)CCCC#N)cc1. The third kappa shape index (κ3) is 5.89. The van der Waals surface area contributed by atoms with Crippen LogP contribution in [0, 0.1) is 11.3 Å². The summed E-state index contributed by atoms with van der Waals surface area (Å²) >= 11 is 0. The Morgan fingerprint density at radius 3 is 2.68 bits per heavy atom. The molecular formula is C14H20N3O2+. The number of hydrogen-bond donors (Lipinski definition) is 2. The van der Waals surface area contributed by atoms with E-state index >= 15 is 0 Å². The molecule has 0 saturated carbocycles. The maximum absolute atomic E-state index is 11.8. The Morgan fingerprint density at radius 1 is 1.42 bits per heavy atom. The van der Waals surface area contributed by atoms with Crippen molar-refractivity contribution < 1.29 is 14.4 Å². The van der Waals surface area contributed by atoms with Gasteiger partial charge in [-0.05, 0) is 24.3 Å². The van der Waals surface area contributed by atoms with Crippen molar-refractivity contribution in [1.82, 2.24) is 0 Å². The van der Waals surface area contributed by atoms with Crippen molar-refractivity contribution in [2.45, 2.75) is 12.8 Å². The molecule has 0 fully saturated rings. The Bertz CT molecular complexity index is 437. The Morgan fingerprint density at radius 2 is 2.11 bits per heavy atom. The lowest BCUT2D eigenvalue weighted by atomic mass is 10.3. The highest BCUT2D eigenvalue weighted by Crippen LogP contribution is 2.14. The molecule has 1 unspecified atom stereocenters. The quantitative estimate of drug-likeness (QED) is 0.701. The minimum Gasteiger partial charge on any atom is -0.497 e. The number of nitrogens with one attached hydrogen (secondary N) is 2. The van der Waals surface area contributed by atoms with Gasteiger partial charge in [0.15, 0.2) is 6.54 Å². The number of unbranched alkanes of at least 4 members (excludes halogenated alkanes) is 1. The molecule has 0 aliphatic carbocycles. The van der Waals surface area contributed by atoms with Gasteiger partial charge in [0.25, 0.3) is 5.91 Å². The average Bonchev–Trinajstić information content (AvgIpc) is 2.39. The summed E-state index contributed by atoms with van der Waals surface area (Å²) in [6, 6.07) is 9.33. The highest BCUT2D eigenvalue weighted by atomic mass is 16.5. The van der Waals surface area contributed by atoms with E-state index in [0.717, 1.165) is 29.3 Å². The third-order valence-electron chi connectivity index (χ3n) is 2.73. The normalized spacial score (nSPS) is 11.4. The second-order valence-electron chi connectivity index (χ2n) is 4.42. The zero-order valence-electron chi connectivity index (χ0n) is 11.4. The van der Waals surface area contributed by atoms with Gasteiger partial charge in [-0.1, -0.05) is 0 Å². The minimum atomic E-state index is -0.0281. The zero-order chi connectivity index (χ0) is 14.1. The summed E-state index contributed by atoms with van der Waals surface area (Å²) in [6.45, 7) is 1.22. The van der Waals surface area contributed by atoms with Crippen LogP contribution in [-0.4, -0.2) is 33.2 Å². The van der Waals surface area contributed by atoms with E-state index in [0.29, 0.717) is 13.0 Å². The summed E-state index contributed by atoms with van der Waals surface area (Å²) in [5.41, 5.74) is 0.760. The Labute approximate surface area is 113 Å². The van der Waals surface area contributed by atoms with Crippen LogP contribution in [0.3, 0.4) is 0 Å². The molecule has 19 heavy (non-hydrogen) atoms. The fourth-order valence-electron chi connectivity index (χ4n) is 1.71. The molecule has 0 heterocycles. The number of benzene rings is 1. The number of anilines is 1. The number of nitriles is 1. The second-order valence-corrected chi connectivity index (χ2v) is 4.42. The third-order valence-corrected chi connectivity index (χ3v) is 2.73. The van der Waals surface area contributed by atoms with Crippen molar-refractivity contribution in [1.29, 1.82) is 5.26 Å². The molecule has 0 radical (unpaired) electrons. The van der Waals surface area contributed by atoms with Gasteiger partial charge in [-0.15, -0.1) is 0 Å². The van der Waals surface area contributed by atoms with Crippen LogP contribution in [0.2, 0.25) is 0 Å². The molecule has 5 nitrogen and oxygen atoms in total. The molecule has 1 aromatic carbocycles. The number of hydrogen-bond acceptors (Lipinski definition) is 3. The van der Waals surface area contributed by atoms with Crippen molar-refractivity contribution in [2.24, 2.45) is 0 Å². The molecule has 0 saturated heterocycles. The van der Waals surface area contributed by atoms with Gasteiger partial charge < -0.3 is 15.0 Å². The van der Waals surface area contributed by atoms with Crippen LogP contribution in [0.4, 0.5) is 5.69 Å². The van der Waals surface area contributed by atoms with Crippen LogP contribution in [-0.2, 0) is 4.79 Å². The Balaban J connectivity index is 2.35. The van der Waals surface area contributed by atoms with E-state index in [1.165, 1.54) is 0 Å². The molecule has 1 aromatic rings. The fraction of sp³-hybridized carbons (Fsp3) is 0.429. The van der Waals surface area contributed by atoms with Crippen LogP contribution in [0.5, 0.6) is 5.75 Å². The van der Waals surface area contributed by atoms with Gasteiger partial charge >= 0.3 is 0 Å². The molecule has 0 aliphatic rings. The predicted octanol–water partition coefficient (Wildman–Crippen LogP) is 0.452. The van der Waals surface area contributed by atoms with Gasteiger partial charge in [0, 0.05) is 18.5 Å². The summed E-state index contributed by atoms with van der Waals surface area (Å²) in [6.07, 6.45) is 1.36. The van der Waals surface area contributed by atoms with E-state index in [4.69, 9.17) is 10.00 Å². The predicted molar refractivity (Wildman–Crippen MR) is 73.1 cm³/mol. The summed E-state index contributed by atoms with van der Waals surface area (Å²) < 4.78 is 5.05. The number of amides is 1. The van der Waals surface area contributed by atoms with E-state index in [1.54, 1.807) is 19.2 Å². The van der Waals surface area contributed by atoms with Crippen LogP contribution in [0.25, 0.3) is 0 Å². The van der Waals surface area contributed by atoms with E-state index in [9.17, 15) is 4.79 Å². The number of likely N-dealkylation sites (N-methyl/N-ethyl adjacent to an activating group) is 1. The van der Waals surface area contributed by atoms with Gasteiger partial charge in [-0.25, -0.2) is 0 Å². The molecule has 0 aliphatic heterocycles. The lowest BCUT2D eigenvalue weighted by molar-refractivity contribution is -0.871. The molecule has 0 spiro atoms. The molecule has 1 rings (SSSR count). The van der Waals surface area contributed by atoms with Crippen LogP contribution >= 0.6 is 0 Å². The first-order valence-corrected chi connectivity index (χ1v) is 6.28. The molecular weight excluding hydrogens is 242 g/mol. The lowest BCUT2D eigenvalue weighted by Crippen LogP contribution is -3.10. The maximum atomic E-state index is 11.8. The van der Waals surface area contributed by atoms with Crippen LogP contribution in [0.15, 0.2) is 24.3 Å². The summed E-state index contributed by atoms with van der Waals surface area (Å²) in [4.78, 5) is 12.9. The van der Waals surface area contributed by atoms with Gasteiger partial charge in [-0.3, -0.25) is 4.79 Å². The van der Waals surface area contributed by atoms with Gasteiger partial charge in [-0.2, -0.15) is 5.26 Å². The monoisotopic (exact) mass is 262 g/mol. The van der Waals surface area contributed by atoms with Crippen LogP contribution in [0.1, 0.15) is 12.8 Å². The standard InChI is InChI=1S/C14H19N3O2/c1-17(10-4-3-9-15)11-14(18)16-12-5-7-13(19-2)8-6-12/h5-8H,3-4,10-11H2,1-2H3,(H,16,18)/p+1. The Kier molecular flexibility index (Phi) is 6.41. The molecule has 1 amide bonds. The first-order valence-electron chi connectivity index (χ1n) is 6.28. The van der Waals surface area contributed by atoms with E-state index in [1.807, 2.05) is 19.2 Å². The lowest BCUT2D eigenvalue weighted by Gasteiger charge is -2.13. The zero-order valence-corrected chi connectivity index (χ0v) is 11.4. The first kappa shape index (κ1) is 15.0. The number of quaternary nitrogens is 1. The molecule has 1 atom stereocenters. The van der Waals surface area contributed by atoms with Gasteiger partial charge in [0.2, 0.25) is 0 Å². The van der Waals surface area contributed by atoms with E-state index < -0.39 is 0 Å². The van der Waals surface area contributed by atoms with Crippen molar-refractivity contribution in [3.8, 4) is 11.8 Å². The number of rotatable bonds is 7. The maximum Gasteiger partial charge on any atom is 0.279 e. The minimum absolute atomic E-state index is 0.0281. The number of methoxy groups -OCH3 is 1. The highest BCUT2D eigenvalue weighted by Gasteiger charge is 2.09. The molecule has 5 heteroatoms. The summed E-state index contributed by atoms with van der Waals surface area (Å²) in [5.74, 6) is 0.733. The van der Waals surface area contributed by atoms with Gasteiger partial charge in [0.1, 0.15) is 5.75 Å². The molecule has 0 aromatic heterocycles. The van der Waals surface area contributed by atoms with Crippen molar-refractivity contribution >= 4 is 11.6 Å². The number of ether oxygens (including phenoxy) is 1. The smallest absolute Gasteiger partial charge is 0.279 e. The molecule has 2 N–H and O–H groups in total. The van der Waals surface area contributed by atoms with Gasteiger partial charge in [0.05, 0.1) is 26.8 Å². The Hall–Kier alpha value is -2.06. The summed E-state index contributed by atoms with van der Waals surface area (Å²) in [5, 5.41) is 11.3. The van der Waals surface area contributed by atoms with Crippen molar-refractivity contribution in [3.05, 3.63) is 24.3 Å². The van der Waals surface area contributed by atoms with Crippen LogP contribution < -0.4 is 15.0 Å². The van der Waals surface area contributed by atoms with Crippen molar-refractivity contribution in [3.63, 3.8) is 0 Å². The largest absolute Gasteiger partial charge is 0.497 e. The summed E-state index contributed by atoms with van der Waals surface area (Å²) in [7, 11) is 3.55. The van der Waals surface area contributed by atoms with E-state index in [-0.39, 0.29) is 5.91 Å². The number of carbonyl (C=O) groups excluding carboxylic acids is 1. The molecule has 0 bridgehead atoms. The second kappa shape index (κ2) is 8.11. The topological polar surface area (TPSA) is 66.6 Å².